The van der Waals surface area contributed by atoms with Crippen molar-refractivity contribution in [3.63, 3.8) is 0 Å². The SMILES string of the molecule is C/C(C=O)=C/C(=C\N(C)C)c1cc2c(c(OCc3ccccc3)c1)NC(=O)CC2. The Hall–Kier alpha value is -3.34. The Kier molecular flexibility index (Phi) is 6.50. The number of amides is 1. The van der Waals surface area contributed by atoms with Crippen molar-refractivity contribution in [2.45, 2.75) is 26.4 Å². The zero-order chi connectivity index (χ0) is 20.8. The zero-order valence-corrected chi connectivity index (χ0v) is 17.1. The Morgan fingerprint density at radius 3 is 2.62 bits per heavy atom. The average molecular weight is 390 g/mol. The van der Waals surface area contributed by atoms with Crippen LogP contribution >= 0.6 is 0 Å². The van der Waals surface area contributed by atoms with Gasteiger partial charge in [0.05, 0.1) is 5.69 Å². The summed E-state index contributed by atoms with van der Waals surface area (Å²) in [7, 11) is 3.88. The van der Waals surface area contributed by atoms with E-state index in [9.17, 15) is 9.59 Å². The minimum absolute atomic E-state index is 0.00411. The highest BCUT2D eigenvalue weighted by Crippen LogP contribution is 2.37. The van der Waals surface area contributed by atoms with Gasteiger partial charge < -0.3 is 15.0 Å². The van der Waals surface area contributed by atoms with Crippen molar-refractivity contribution in [1.82, 2.24) is 4.90 Å². The summed E-state index contributed by atoms with van der Waals surface area (Å²) in [5, 5.41) is 2.96. The first-order valence-corrected chi connectivity index (χ1v) is 9.62. The second-order valence-electron chi connectivity index (χ2n) is 7.39. The van der Waals surface area contributed by atoms with Gasteiger partial charge in [0.15, 0.2) is 0 Å². The molecule has 1 aliphatic rings. The van der Waals surface area contributed by atoms with Crippen LogP contribution in [-0.2, 0) is 22.6 Å². The Bertz CT molecular complexity index is 960. The van der Waals surface area contributed by atoms with E-state index in [2.05, 4.69) is 11.4 Å². The van der Waals surface area contributed by atoms with Gasteiger partial charge in [-0.3, -0.25) is 9.59 Å². The summed E-state index contributed by atoms with van der Waals surface area (Å²) in [4.78, 5) is 25.1. The van der Waals surface area contributed by atoms with Crippen molar-refractivity contribution >= 4 is 23.5 Å². The van der Waals surface area contributed by atoms with Crippen molar-refractivity contribution in [2.75, 3.05) is 19.4 Å². The first kappa shape index (κ1) is 20.4. The van der Waals surface area contributed by atoms with Gasteiger partial charge in [-0.1, -0.05) is 30.3 Å². The molecule has 0 unspecified atom stereocenters. The minimum atomic E-state index is -0.00411. The molecule has 1 N–H and O–H groups in total. The zero-order valence-electron chi connectivity index (χ0n) is 17.1. The molecule has 0 aromatic heterocycles. The summed E-state index contributed by atoms with van der Waals surface area (Å²) >= 11 is 0. The maximum absolute atomic E-state index is 12.0. The molecular formula is C24H26N2O3. The fraction of sp³-hybridized carbons (Fsp3) is 0.250. The number of benzene rings is 2. The highest BCUT2D eigenvalue weighted by Gasteiger charge is 2.21. The molecule has 0 spiro atoms. The summed E-state index contributed by atoms with van der Waals surface area (Å²) in [6.07, 6.45) is 5.77. The quantitative estimate of drug-likeness (QED) is 0.437. The fourth-order valence-corrected chi connectivity index (χ4v) is 3.23. The molecule has 0 fully saturated rings. The third-order valence-electron chi connectivity index (χ3n) is 4.61. The molecule has 0 saturated heterocycles. The summed E-state index contributed by atoms with van der Waals surface area (Å²) in [6, 6.07) is 13.9. The molecule has 0 bridgehead atoms. The number of aldehydes is 1. The Morgan fingerprint density at radius 1 is 1.17 bits per heavy atom. The Morgan fingerprint density at radius 2 is 1.93 bits per heavy atom. The minimum Gasteiger partial charge on any atom is -0.487 e. The van der Waals surface area contributed by atoms with Gasteiger partial charge in [0, 0.05) is 26.7 Å². The molecular weight excluding hydrogens is 364 g/mol. The number of anilines is 1. The van der Waals surface area contributed by atoms with Crippen molar-refractivity contribution in [1.29, 1.82) is 0 Å². The summed E-state index contributed by atoms with van der Waals surface area (Å²) in [6.45, 7) is 2.19. The molecule has 150 valence electrons. The van der Waals surface area contributed by atoms with Gasteiger partial charge in [0.2, 0.25) is 5.91 Å². The van der Waals surface area contributed by atoms with Crippen LogP contribution in [0, 0.1) is 0 Å². The number of hydrogen-bond acceptors (Lipinski definition) is 4. The van der Waals surface area contributed by atoms with Crippen LogP contribution in [0.1, 0.15) is 30.0 Å². The van der Waals surface area contributed by atoms with Gasteiger partial charge in [-0.05, 0) is 59.4 Å². The van der Waals surface area contributed by atoms with Gasteiger partial charge in [-0.2, -0.15) is 0 Å². The van der Waals surface area contributed by atoms with Crippen LogP contribution in [-0.4, -0.2) is 31.2 Å². The van der Waals surface area contributed by atoms with Crippen molar-refractivity contribution < 1.29 is 14.3 Å². The number of allylic oxidation sites excluding steroid dienone is 3. The van der Waals surface area contributed by atoms with Crippen LogP contribution in [0.4, 0.5) is 5.69 Å². The normalized spacial score (nSPS) is 14.1. The van der Waals surface area contributed by atoms with Crippen LogP contribution < -0.4 is 10.1 Å². The number of rotatable bonds is 7. The number of hydrogen-bond donors (Lipinski definition) is 1. The lowest BCUT2D eigenvalue weighted by atomic mass is 9.95. The van der Waals surface area contributed by atoms with Gasteiger partial charge in [0.1, 0.15) is 18.6 Å². The predicted octanol–water partition coefficient (Wildman–Crippen LogP) is 4.20. The molecule has 1 heterocycles. The van der Waals surface area contributed by atoms with E-state index >= 15 is 0 Å². The molecule has 5 nitrogen and oxygen atoms in total. The Labute approximate surface area is 171 Å². The van der Waals surface area contributed by atoms with Gasteiger partial charge in [-0.25, -0.2) is 0 Å². The maximum Gasteiger partial charge on any atom is 0.224 e. The summed E-state index contributed by atoms with van der Waals surface area (Å²) in [5.74, 6) is 0.631. The number of nitrogens with zero attached hydrogens (tertiary/aromatic N) is 1. The third kappa shape index (κ3) is 5.35. The van der Waals surface area contributed by atoms with Gasteiger partial charge in [-0.15, -0.1) is 0 Å². The van der Waals surface area contributed by atoms with Crippen LogP contribution in [0.2, 0.25) is 0 Å². The van der Waals surface area contributed by atoms with Gasteiger partial charge in [0.25, 0.3) is 0 Å². The molecule has 1 aliphatic heterocycles. The smallest absolute Gasteiger partial charge is 0.224 e. The number of carbonyl (C=O) groups excluding carboxylic acids is 2. The third-order valence-corrected chi connectivity index (χ3v) is 4.61. The maximum atomic E-state index is 12.0. The molecule has 2 aromatic rings. The number of nitrogens with one attached hydrogen (secondary N) is 1. The first-order valence-electron chi connectivity index (χ1n) is 9.62. The molecule has 5 heteroatoms. The number of fused-ring (bicyclic) bond motifs is 1. The molecule has 1 amide bonds. The topological polar surface area (TPSA) is 58.6 Å². The van der Waals surface area contributed by atoms with Crippen LogP contribution in [0.3, 0.4) is 0 Å². The largest absolute Gasteiger partial charge is 0.487 e. The average Bonchev–Trinajstić information content (AvgIpc) is 2.71. The highest BCUT2D eigenvalue weighted by atomic mass is 16.5. The molecule has 0 atom stereocenters. The molecule has 0 radical (unpaired) electrons. The molecule has 2 aromatic carbocycles. The number of ether oxygens (including phenoxy) is 1. The number of aryl methyl sites for hydroxylation is 1. The second kappa shape index (κ2) is 9.24. The highest BCUT2D eigenvalue weighted by molar-refractivity contribution is 5.96. The second-order valence-corrected chi connectivity index (χ2v) is 7.39. The standard InChI is InChI=1S/C24H26N2O3/c1-17(15-27)11-21(14-26(2)3)20-12-19-9-10-23(28)25-24(19)22(13-20)29-16-18-7-5-4-6-8-18/h4-8,11-15H,9-10,16H2,1-3H3,(H,25,28)/b17-11-,21-14+. The van der Waals surface area contributed by atoms with Crippen molar-refractivity contribution in [3.05, 3.63) is 77.0 Å². The van der Waals surface area contributed by atoms with Crippen molar-refractivity contribution in [3.8, 4) is 5.75 Å². The van der Waals surface area contributed by atoms with E-state index in [-0.39, 0.29) is 5.91 Å². The molecule has 0 saturated carbocycles. The lowest BCUT2D eigenvalue weighted by Gasteiger charge is -2.22. The van der Waals surface area contributed by atoms with Crippen molar-refractivity contribution in [2.24, 2.45) is 0 Å². The van der Waals surface area contributed by atoms with E-state index in [1.165, 1.54) is 0 Å². The van der Waals surface area contributed by atoms with E-state index in [0.29, 0.717) is 30.8 Å². The number of carbonyl (C=O) groups is 2. The molecule has 3 rings (SSSR count). The molecule has 29 heavy (non-hydrogen) atoms. The van der Waals surface area contributed by atoms with E-state index in [4.69, 9.17) is 4.74 Å². The van der Waals surface area contributed by atoms with E-state index in [1.807, 2.05) is 67.7 Å². The first-order chi connectivity index (χ1) is 14.0. The van der Waals surface area contributed by atoms with E-state index in [1.54, 1.807) is 6.92 Å². The van der Waals surface area contributed by atoms with Gasteiger partial charge >= 0.3 is 0 Å². The Balaban J connectivity index is 2.03. The summed E-state index contributed by atoms with van der Waals surface area (Å²) in [5.41, 5.74) is 5.31. The molecule has 0 aliphatic carbocycles. The monoisotopic (exact) mass is 390 g/mol. The lowest BCUT2D eigenvalue weighted by Crippen LogP contribution is -2.20. The fourth-order valence-electron chi connectivity index (χ4n) is 3.23. The van der Waals surface area contributed by atoms with Crippen LogP contribution in [0.5, 0.6) is 5.75 Å². The van der Waals surface area contributed by atoms with Crippen LogP contribution in [0.15, 0.2) is 60.3 Å². The predicted molar refractivity (Wildman–Crippen MR) is 116 cm³/mol. The van der Waals surface area contributed by atoms with E-state index < -0.39 is 0 Å². The van der Waals surface area contributed by atoms with E-state index in [0.717, 1.165) is 34.2 Å². The lowest BCUT2D eigenvalue weighted by molar-refractivity contribution is -0.116. The summed E-state index contributed by atoms with van der Waals surface area (Å²) < 4.78 is 6.12. The van der Waals surface area contributed by atoms with Crippen LogP contribution in [0.25, 0.3) is 5.57 Å².